The topological polar surface area (TPSA) is 82.3 Å². The maximum absolute atomic E-state index is 9.69. The zero-order chi connectivity index (χ0) is 13.4. The predicted molar refractivity (Wildman–Crippen MR) is 74.7 cm³/mol. The molecule has 0 amide bonds. The number of rotatable bonds is 2. The summed E-state index contributed by atoms with van der Waals surface area (Å²) in [6.45, 7) is 0.624. The SMILES string of the molecule is OC1Nc2cc(Br)cc(Cn3ccnc3)c2NC1O. The van der Waals surface area contributed by atoms with E-state index >= 15 is 0 Å². The van der Waals surface area contributed by atoms with Crippen LogP contribution in [0.15, 0.2) is 35.3 Å². The average Bonchev–Trinajstić information content (AvgIpc) is 2.84. The van der Waals surface area contributed by atoms with Crippen LogP contribution in [0.5, 0.6) is 0 Å². The van der Waals surface area contributed by atoms with Crippen molar-refractivity contribution in [1.82, 2.24) is 9.55 Å². The normalized spacial score (nSPS) is 21.4. The predicted octanol–water partition coefficient (Wildman–Crippen LogP) is 1.17. The van der Waals surface area contributed by atoms with Crippen LogP contribution in [-0.4, -0.2) is 32.2 Å². The van der Waals surface area contributed by atoms with Crippen molar-refractivity contribution in [1.29, 1.82) is 0 Å². The maximum Gasteiger partial charge on any atom is 0.169 e. The van der Waals surface area contributed by atoms with Gasteiger partial charge in [-0.15, -0.1) is 0 Å². The summed E-state index contributed by atoms with van der Waals surface area (Å²) in [6, 6.07) is 3.83. The fraction of sp³-hybridized carbons (Fsp3) is 0.250. The van der Waals surface area contributed by atoms with E-state index in [0.717, 1.165) is 21.4 Å². The third-order valence-electron chi connectivity index (χ3n) is 2.99. The molecule has 0 aliphatic carbocycles. The molecule has 1 aromatic heterocycles. The van der Waals surface area contributed by atoms with Gasteiger partial charge in [0.1, 0.15) is 0 Å². The van der Waals surface area contributed by atoms with E-state index in [1.807, 2.05) is 22.9 Å². The zero-order valence-electron chi connectivity index (χ0n) is 9.92. The molecule has 7 heteroatoms. The van der Waals surface area contributed by atoms with Crippen LogP contribution in [0.3, 0.4) is 0 Å². The summed E-state index contributed by atoms with van der Waals surface area (Å²) in [5.74, 6) is 0. The Kier molecular flexibility index (Phi) is 3.17. The molecule has 2 heterocycles. The van der Waals surface area contributed by atoms with Crippen LogP contribution < -0.4 is 10.6 Å². The van der Waals surface area contributed by atoms with Gasteiger partial charge in [-0.05, 0) is 17.7 Å². The first-order chi connectivity index (χ1) is 9.13. The maximum atomic E-state index is 9.69. The fourth-order valence-corrected chi connectivity index (χ4v) is 2.62. The number of aliphatic hydroxyl groups excluding tert-OH is 2. The first kappa shape index (κ1) is 12.5. The lowest BCUT2D eigenvalue weighted by molar-refractivity contribution is 0.0527. The summed E-state index contributed by atoms with van der Waals surface area (Å²) in [4.78, 5) is 4.01. The van der Waals surface area contributed by atoms with E-state index in [9.17, 15) is 10.2 Å². The molecule has 2 atom stereocenters. The van der Waals surface area contributed by atoms with Crippen molar-refractivity contribution in [3.8, 4) is 0 Å². The van der Waals surface area contributed by atoms with Gasteiger partial charge in [0.05, 0.1) is 24.2 Å². The third-order valence-corrected chi connectivity index (χ3v) is 3.45. The molecular weight excluding hydrogens is 312 g/mol. The van der Waals surface area contributed by atoms with Gasteiger partial charge in [-0.2, -0.15) is 0 Å². The van der Waals surface area contributed by atoms with Gasteiger partial charge in [0.15, 0.2) is 12.5 Å². The van der Waals surface area contributed by atoms with Gasteiger partial charge < -0.3 is 25.4 Å². The molecule has 0 radical (unpaired) electrons. The van der Waals surface area contributed by atoms with Crippen molar-refractivity contribution in [3.63, 3.8) is 0 Å². The Hall–Kier alpha value is -1.57. The van der Waals surface area contributed by atoms with Crippen LogP contribution >= 0.6 is 15.9 Å². The molecule has 1 aliphatic rings. The summed E-state index contributed by atoms with van der Waals surface area (Å²) in [5, 5.41) is 25.1. The molecule has 6 nitrogen and oxygen atoms in total. The van der Waals surface area contributed by atoms with Gasteiger partial charge in [-0.1, -0.05) is 15.9 Å². The van der Waals surface area contributed by atoms with Gasteiger partial charge >= 0.3 is 0 Å². The van der Waals surface area contributed by atoms with E-state index in [-0.39, 0.29) is 0 Å². The summed E-state index contributed by atoms with van der Waals surface area (Å²) in [7, 11) is 0. The number of halogens is 1. The number of hydrogen-bond donors (Lipinski definition) is 4. The van der Waals surface area contributed by atoms with Crippen molar-refractivity contribution < 1.29 is 10.2 Å². The Morgan fingerprint density at radius 3 is 2.79 bits per heavy atom. The fourth-order valence-electron chi connectivity index (χ4n) is 2.11. The number of aromatic nitrogens is 2. The van der Waals surface area contributed by atoms with Gasteiger partial charge in [0.2, 0.25) is 0 Å². The molecular formula is C12H13BrN4O2. The average molecular weight is 325 g/mol. The summed E-state index contributed by atoms with van der Waals surface area (Å²) in [6.07, 6.45) is 3.26. The summed E-state index contributed by atoms with van der Waals surface area (Å²) in [5.41, 5.74) is 2.53. The second kappa shape index (κ2) is 4.84. The van der Waals surface area contributed by atoms with Gasteiger partial charge in [0.25, 0.3) is 0 Å². The zero-order valence-corrected chi connectivity index (χ0v) is 11.5. The van der Waals surface area contributed by atoms with Crippen LogP contribution in [0.1, 0.15) is 5.56 Å². The molecule has 4 N–H and O–H groups in total. The van der Waals surface area contributed by atoms with E-state index in [0.29, 0.717) is 6.54 Å². The molecule has 1 aliphatic heterocycles. The Bertz CT molecular complexity index is 588. The highest BCUT2D eigenvalue weighted by Crippen LogP contribution is 2.34. The molecule has 0 fully saturated rings. The van der Waals surface area contributed by atoms with Crippen LogP contribution in [0.2, 0.25) is 0 Å². The third kappa shape index (κ3) is 2.44. The highest BCUT2D eigenvalue weighted by molar-refractivity contribution is 9.10. The number of anilines is 2. The van der Waals surface area contributed by atoms with Crippen LogP contribution in [0.4, 0.5) is 11.4 Å². The van der Waals surface area contributed by atoms with Crippen molar-refractivity contribution >= 4 is 27.3 Å². The van der Waals surface area contributed by atoms with Crippen molar-refractivity contribution in [2.45, 2.75) is 19.0 Å². The summed E-state index contributed by atoms with van der Waals surface area (Å²) < 4.78 is 2.83. The largest absolute Gasteiger partial charge is 0.369 e. The minimum atomic E-state index is -1.03. The van der Waals surface area contributed by atoms with Crippen molar-refractivity contribution in [2.24, 2.45) is 0 Å². The Morgan fingerprint density at radius 2 is 2.05 bits per heavy atom. The van der Waals surface area contributed by atoms with E-state index in [2.05, 4.69) is 31.5 Å². The molecule has 3 rings (SSSR count). The van der Waals surface area contributed by atoms with Gasteiger partial charge in [-0.25, -0.2) is 4.98 Å². The molecule has 0 saturated carbocycles. The minimum Gasteiger partial charge on any atom is -0.369 e. The quantitative estimate of drug-likeness (QED) is 0.666. The highest BCUT2D eigenvalue weighted by Gasteiger charge is 2.25. The number of nitrogens with zero attached hydrogens (tertiary/aromatic N) is 2. The lowest BCUT2D eigenvalue weighted by Crippen LogP contribution is -2.43. The monoisotopic (exact) mass is 324 g/mol. The lowest BCUT2D eigenvalue weighted by Gasteiger charge is -2.31. The number of aliphatic hydroxyl groups is 2. The lowest BCUT2D eigenvalue weighted by atomic mass is 10.1. The molecule has 0 bridgehead atoms. The standard InChI is InChI=1S/C12H13BrN4O2/c13-8-3-7(5-17-2-1-14-6-17)10-9(4-8)15-11(18)12(19)16-10/h1-4,6,11-12,15-16,18-19H,5H2. The van der Waals surface area contributed by atoms with Crippen LogP contribution in [0.25, 0.3) is 0 Å². The number of benzene rings is 1. The van der Waals surface area contributed by atoms with E-state index < -0.39 is 12.5 Å². The van der Waals surface area contributed by atoms with Crippen molar-refractivity contribution in [2.75, 3.05) is 10.6 Å². The molecule has 2 unspecified atom stereocenters. The molecule has 2 aromatic rings. The van der Waals surface area contributed by atoms with E-state index in [4.69, 9.17) is 0 Å². The number of nitrogens with one attached hydrogen (secondary N) is 2. The first-order valence-corrected chi connectivity index (χ1v) is 6.60. The Labute approximate surface area is 118 Å². The number of imidazole rings is 1. The second-order valence-electron chi connectivity index (χ2n) is 4.40. The smallest absolute Gasteiger partial charge is 0.169 e. The van der Waals surface area contributed by atoms with Crippen molar-refractivity contribution in [3.05, 3.63) is 40.9 Å². The number of fused-ring (bicyclic) bond motifs is 1. The molecule has 1 aromatic carbocycles. The minimum absolute atomic E-state index is 0.624. The van der Waals surface area contributed by atoms with Crippen LogP contribution in [-0.2, 0) is 6.54 Å². The van der Waals surface area contributed by atoms with Gasteiger partial charge in [0, 0.05) is 16.9 Å². The molecule has 100 valence electrons. The first-order valence-electron chi connectivity index (χ1n) is 5.81. The molecule has 0 spiro atoms. The Morgan fingerprint density at radius 1 is 1.26 bits per heavy atom. The van der Waals surface area contributed by atoms with Crippen LogP contribution in [0, 0.1) is 0 Å². The highest BCUT2D eigenvalue weighted by atomic mass is 79.9. The molecule has 19 heavy (non-hydrogen) atoms. The summed E-state index contributed by atoms with van der Waals surface area (Å²) >= 11 is 3.44. The molecule has 0 saturated heterocycles. The van der Waals surface area contributed by atoms with Gasteiger partial charge in [-0.3, -0.25) is 0 Å². The van der Waals surface area contributed by atoms with E-state index in [1.54, 1.807) is 12.5 Å². The second-order valence-corrected chi connectivity index (χ2v) is 5.32. The van der Waals surface area contributed by atoms with E-state index in [1.165, 1.54) is 0 Å². The Balaban J connectivity index is 2.00. The number of hydrogen-bond acceptors (Lipinski definition) is 5.